The summed E-state index contributed by atoms with van der Waals surface area (Å²) in [4.78, 5) is 11.0. The summed E-state index contributed by atoms with van der Waals surface area (Å²) in [7, 11) is 1.43. The van der Waals surface area contributed by atoms with E-state index >= 15 is 0 Å². The predicted octanol–water partition coefficient (Wildman–Crippen LogP) is 5.13. The van der Waals surface area contributed by atoms with Crippen LogP contribution < -0.4 is 0 Å². The van der Waals surface area contributed by atoms with Crippen LogP contribution in [-0.2, 0) is 9.53 Å². The van der Waals surface area contributed by atoms with Crippen LogP contribution in [0.3, 0.4) is 0 Å². The Kier molecular flexibility index (Phi) is 10.6. The van der Waals surface area contributed by atoms with Gasteiger partial charge in [0.05, 0.1) is 13.5 Å². The topological polar surface area (TPSA) is 26.3 Å². The minimum atomic E-state index is -0.151. The lowest BCUT2D eigenvalue weighted by Gasteiger charge is -2.12. The van der Waals surface area contributed by atoms with Crippen LogP contribution in [0.25, 0.3) is 0 Å². The maximum Gasteiger partial charge on any atom is 0.309 e. The van der Waals surface area contributed by atoms with E-state index in [-0.39, 0.29) is 5.97 Å². The molecule has 0 rings (SSSR count). The van der Waals surface area contributed by atoms with Gasteiger partial charge in [-0.25, -0.2) is 0 Å². The average Bonchev–Trinajstić information content (AvgIpc) is 2.35. The smallest absolute Gasteiger partial charge is 0.309 e. The first kappa shape index (κ1) is 18.2. The van der Waals surface area contributed by atoms with Gasteiger partial charge in [-0.3, -0.25) is 4.79 Å². The lowest BCUT2D eigenvalue weighted by atomic mass is 9.94. The second-order valence-corrected chi connectivity index (χ2v) is 6.15. The summed E-state index contributed by atoms with van der Waals surface area (Å²) in [6.45, 7) is 9.04. The molecule has 0 bridgehead atoms. The zero-order chi connectivity index (χ0) is 14.7. The summed E-state index contributed by atoms with van der Waals surface area (Å²) in [5.41, 5.74) is 1.31. The highest BCUT2D eigenvalue weighted by atomic mass is 16.5. The van der Waals surface area contributed by atoms with Gasteiger partial charge in [-0.15, -0.1) is 0 Å². The van der Waals surface area contributed by atoms with Crippen molar-refractivity contribution in [3.8, 4) is 0 Å². The van der Waals surface area contributed by atoms with Gasteiger partial charge < -0.3 is 4.74 Å². The number of esters is 1. The molecular formula is C17H32O2. The summed E-state index contributed by atoms with van der Waals surface area (Å²) in [5, 5.41) is 0. The third-order valence-electron chi connectivity index (χ3n) is 3.59. The Labute approximate surface area is 119 Å². The van der Waals surface area contributed by atoms with Gasteiger partial charge in [0.1, 0.15) is 0 Å². The van der Waals surface area contributed by atoms with Gasteiger partial charge >= 0.3 is 5.97 Å². The molecule has 0 aromatic rings. The first-order valence-electron chi connectivity index (χ1n) is 7.68. The average molecular weight is 268 g/mol. The van der Waals surface area contributed by atoms with Crippen LogP contribution in [0.5, 0.6) is 0 Å². The predicted molar refractivity (Wildman–Crippen MR) is 82.1 cm³/mol. The Hall–Kier alpha value is -0.790. The van der Waals surface area contributed by atoms with Crippen LogP contribution >= 0.6 is 0 Å². The van der Waals surface area contributed by atoms with Gasteiger partial charge in [0.15, 0.2) is 0 Å². The second kappa shape index (κ2) is 11.1. The van der Waals surface area contributed by atoms with E-state index in [2.05, 4.69) is 32.4 Å². The van der Waals surface area contributed by atoms with Crippen LogP contribution in [-0.4, -0.2) is 13.1 Å². The minimum absolute atomic E-state index is 0.151. The molecule has 0 radical (unpaired) electrons. The third kappa shape index (κ3) is 12.0. The molecule has 0 saturated carbocycles. The van der Waals surface area contributed by atoms with Crippen molar-refractivity contribution in [2.75, 3.05) is 7.11 Å². The molecule has 0 aliphatic rings. The SMILES string of the molecule is COC(=O)C/C=C(\C)CCCC(C)CCCC(C)C. The van der Waals surface area contributed by atoms with Crippen molar-refractivity contribution in [3.63, 3.8) is 0 Å². The molecule has 0 aromatic heterocycles. The van der Waals surface area contributed by atoms with Crippen LogP contribution in [0.1, 0.15) is 72.6 Å². The molecule has 0 saturated heterocycles. The van der Waals surface area contributed by atoms with Gasteiger partial charge in [-0.2, -0.15) is 0 Å². The van der Waals surface area contributed by atoms with Crippen LogP contribution in [0.15, 0.2) is 11.6 Å². The van der Waals surface area contributed by atoms with Crippen molar-refractivity contribution < 1.29 is 9.53 Å². The fourth-order valence-corrected chi connectivity index (χ4v) is 2.19. The molecule has 0 aliphatic carbocycles. The van der Waals surface area contributed by atoms with Crippen LogP contribution in [0.4, 0.5) is 0 Å². The molecule has 2 nitrogen and oxygen atoms in total. The molecule has 112 valence electrons. The maximum atomic E-state index is 11.0. The van der Waals surface area contributed by atoms with E-state index in [0.29, 0.717) is 6.42 Å². The van der Waals surface area contributed by atoms with Crippen LogP contribution in [0, 0.1) is 11.8 Å². The number of carbonyl (C=O) groups excluding carboxylic acids is 1. The van der Waals surface area contributed by atoms with Crippen molar-refractivity contribution in [1.29, 1.82) is 0 Å². The molecule has 0 N–H and O–H groups in total. The molecule has 2 heteroatoms. The largest absolute Gasteiger partial charge is 0.469 e. The number of methoxy groups -OCH3 is 1. The number of allylic oxidation sites excluding steroid dienone is 1. The molecule has 0 fully saturated rings. The van der Waals surface area contributed by atoms with Gasteiger partial charge in [-0.05, 0) is 31.6 Å². The highest BCUT2D eigenvalue weighted by Gasteiger charge is 2.04. The normalized spacial score (nSPS) is 13.7. The zero-order valence-electron chi connectivity index (χ0n) is 13.5. The van der Waals surface area contributed by atoms with Crippen molar-refractivity contribution in [3.05, 3.63) is 11.6 Å². The summed E-state index contributed by atoms with van der Waals surface area (Å²) in [6, 6.07) is 0. The van der Waals surface area contributed by atoms with Gasteiger partial charge in [0.2, 0.25) is 0 Å². The first-order valence-corrected chi connectivity index (χ1v) is 7.68. The summed E-state index contributed by atoms with van der Waals surface area (Å²) >= 11 is 0. The fourth-order valence-electron chi connectivity index (χ4n) is 2.19. The molecule has 0 amide bonds. The van der Waals surface area contributed by atoms with E-state index in [1.165, 1.54) is 44.8 Å². The highest BCUT2D eigenvalue weighted by molar-refractivity contribution is 5.71. The molecule has 1 unspecified atom stereocenters. The minimum Gasteiger partial charge on any atom is -0.469 e. The molecule has 0 aliphatic heterocycles. The van der Waals surface area contributed by atoms with E-state index in [9.17, 15) is 4.79 Å². The zero-order valence-corrected chi connectivity index (χ0v) is 13.5. The van der Waals surface area contributed by atoms with Gasteiger partial charge in [0.25, 0.3) is 0 Å². The summed E-state index contributed by atoms with van der Waals surface area (Å²) in [6.07, 6.45) is 10.1. The molecule has 1 atom stereocenters. The Bertz CT molecular complexity index is 266. The van der Waals surface area contributed by atoms with Gasteiger partial charge in [-0.1, -0.05) is 58.1 Å². The Morgan fingerprint density at radius 2 is 1.74 bits per heavy atom. The van der Waals surface area contributed by atoms with Crippen molar-refractivity contribution in [2.24, 2.45) is 11.8 Å². The lowest BCUT2D eigenvalue weighted by Crippen LogP contribution is -1.98. The number of carbonyl (C=O) groups is 1. The molecule has 0 spiro atoms. The Balaban J connectivity index is 3.63. The maximum absolute atomic E-state index is 11.0. The number of rotatable bonds is 10. The van der Waals surface area contributed by atoms with E-state index in [1.807, 2.05) is 6.08 Å². The van der Waals surface area contributed by atoms with Crippen molar-refractivity contribution >= 4 is 5.97 Å². The number of hydrogen-bond acceptors (Lipinski definition) is 2. The quantitative estimate of drug-likeness (QED) is 0.405. The van der Waals surface area contributed by atoms with Crippen LogP contribution in [0.2, 0.25) is 0 Å². The second-order valence-electron chi connectivity index (χ2n) is 6.15. The Morgan fingerprint density at radius 3 is 2.32 bits per heavy atom. The summed E-state index contributed by atoms with van der Waals surface area (Å²) in [5.74, 6) is 1.50. The lowest BCUT2D eigenvalue weighted by molar-refractivity contribution is -0.139. The van der Waals surface area contributed by atoms with E-state index in [4.69, 9.17) is 0 Å². The van der Waals surface area contributed by atoms with Gasteiger partial charge in [0, 0.05) is 0 Å². The molecular weight excluding hydrogens is 236 g/mol. The monoisotopic (exact) mass is 268 g/mol. The van der Waals surface area contributed by atoms with E-state index in [1.54, 1.807) is 0 Å². The molecule has 19 heavy (non-hydrogen) atoms. The summed E-state index contributed by atoms with van der Waals surface area (Å²) < 4.78 is 4.62. The van der Waals surface area contributed by atoms with Crippen molar-refractivity contribution in [2.45, 2.75) is 72.6 Å². The Morgan fingerprint density at radius 1 is 1.11 bits per heavy atom. The fraction of sp³-hybridized carbons (Fsp3) is 0.824. The molecule has 0 heterocycles. The van der Waals surface area contributed by atoms with E-state index < -0.39 is 0 Å². The van der Waals surface area contributed by atoms with Crippen molar-refractivity contribution in [1.82, 2.24) is 0 Å². The first-order chi connectivity index (χ1) is 8.95. The third-order valence-corrected chi connectivity index (χ3v) is 3.59. The number of hydrogen-bond donors (Lipinski definition) is 0. The molecule has 0 aromatic carbocycles. The number of ether oxygens (including phenoxy) is 1. The highest BCUT2D eigenvalue weighted by Crippen LogP contribution is 2.19. The standard InChI is InChI=1S/C17H32O2/c1-14(2)8-6-9-15(3)10-7-11-16(4)12-13-17(18)19-5/h12,14-15H,6-11,13H2,1-5H3/b16-12+. The van der Waals surface area contributed by atoms with E-state index in [0.717, 1.165) is 18.3 Å².